The number of aryl methyl sites for hydroxylation is 1. The van der Waals surface area contributed by atoms with E-state index in [1.54, 1.807) is 20.4 Å². The van der Waals surface area contributed by atoms with Gasteiger partial charge in [-0.3, -0.25) is 9.36 Å². The number of rotatable bonds is 10. The number of nitrogens with zero attached hydrogens (tertiary/aromatic N) is 6. The molecule has 0 bridgehead atoms. The van der Waals surface area contributed by atoms with Gasteiger partial charge in [-0.15, -0.1) is 10.2 Å². The van der Waals surface area contributed by atoms with Gasteiger partial charge in [-0.1, -0.05) is 48.2 Å². The summed E-state index contributed by atoms with van der Waals surface area (Å²) >= 11 is 1.27. The lowest BCUT2D eigenvalue weighted by Gasteiger charge is -2.12. The van der Waals surface area contributed by atoms with Crippen molar-refractivity contribution in [2.75, 3.05) is 20.0 Å². The summed E-state index contributed by atoms with van der Waals surface area (Å²) in [6, 6.07) is 25.2. The average Bonchev–Trinajstić information content (AvgIpc) is 3.57. The molecule has 0 radical (unpaired) electrons. The molecule has 5 rings (SSSR count). The number of thioether (sulfide) groups is 1. The largest absolute Gasteiger partial charge is 0.493 e. The van der Waals surface area contributed by atoms with Crippen LogP contribution in [0, 0.1) is 13.8 Å². The fourth-order valence-corrected chi connectivity index (χ4v) is 5.07. The predicted octanol–water partition coefficient (Wildman–Crippen LogP) is 5.00. The minimum absolute atomic E-state index is 0.0927. The summed E-state index contributed by atoms with van der Waals surface area (Å²) in [5.41, 5.74) is 7.83. The zero-order chi connectivity index (χ0) is 28.8. The predicted molar refractivity (Wildman–Crippen MR) is 159 cm³/mol. The molecule has 0 saturated heterocycles. The van der Waals surface area contributed by atoms with Crippen LogP contribution in [0.5, 0.6) is 11.5 Å². The van der Waals surface area contributed by atoms with Crippen molar-refractivity contribution in [1.29, 1.82) is 0 Å². The normalized spacial score (nSPS) is 11.1. The molecule has 11 heteroatoms. The minimum Gasteiger partial charge on any atom is -0.493 e. The van der Waals surface area contributed by atoms with E-state index in [1.165, 1.54) is 11.8 Å². The topological polar surface area (TPSA) is 108 Å². The summed E-state index contributed by atoms with van der Waals surface area (Å²) in [5, 5.41) is 18.2. The van der Waals surface area contributed by atoms with Crippen molar-refractivity contribution in [3.63, 3.8) is 0 Å². The van der Waals surface area contributed by atoms with E-state index in [9.17, 15) is 4.79 Å². The van der Waals surface area contributed by atoms with Crippen LogP contribution in [0.4, 0.5) is 0 Å². The van der Waals surface area contributed by atoms with Gasteiger partial charge in [0.15, 0.2) is 22.5 Å². The molecule has 41 heavy (non-hydrogen) atoms. The molecule has 0 aliphatic rings. The van der Waals surface area contributed by atoms with Crippen LogP contribution in [-0.2, 0) is 4.79 Å². The van der Waals surface area contributed by atoms with E-state index in [0.717, 1.165) is 33.9 Å². The lowest BCUT2D eigenvalue weighted by molar-refractivity contribution is -0.118. The molecule has 1 N–H and O–H groups in total. The SMILES string of the molecule is COc1ccc(-c2nnc(SCC(=O)N/N=C/c3c(C)nn(-c4ccccc4)c3C)n2-c2ccccc2)cc1OC. The number of hydrazone groups is 1. The number of para-hydroxylation sites is 2. The molecule has 5 aromatic rings. The quantitative estimate of drug-likeness (QED) is 0.144. The first-order valence-corrected chi connectivity index (χ1v) is 13.8. The van der Waals surface area contributed by atoms with Crippen molar-refractivity contribution in [3.05, 3.63) is 95.8 Å². The Hall–Kier alpha value is -4.90. The molecule has 0 unspecified atom stereocenters. The summed E-state index contributed by atoms with van der Waals surface area (Å²) in [7, 11) is 3.18. The van der Waals surface area contributed by atoms with Gasteiger partial charge in [0.1, 0.15) is 0 Å². The number of hydrogen-bond donors (Lipinski definition) is 1. The molecule has 0 aliphatic carbocycles. The van der Waals surface area contributed by atoms with Crippen LogP contribution in [0.3, 0.4) is 0 Å². The molecule has 2 heterocycles. The van der Waals surface area contributed by atoms with E-state index in [4.69, 9.17) is 9.47 Å². The number of carbonyl (C=O) groups excluding carboxylic acids is 1. The summed E-state index contributed by atoms with van der Waals surface area (Å²) < 4.78 is 14.6. The van der Waals surface area contributed by atoms with E-state index in [2.05, 4.69) is 25.8 Å². The molecular weight excluding hydrogens is 538 g/mol. The number of nitrogens with one attached hydrogen (secondary N) is 1. The van der Waals surface area contributed by atoms with E-state index in [-0.39, 0.29) is 11.7 Å². The molecule has 0 aliphatic heterocycles. The fraction of sp³-hybridized carbons (Fsp3) is 0.167. The first kappa shape index (κ1) is 27.7. The average molecular weight is 568 g/mol. The summed E-state index contributed by atoms with van der Waals surface area (Å²) in [5.74, 6) is 1.63. The van der Waals surface area contributed by atoms with Gasteiger partial charge in [0.25, 0.3) is 5.91 Å². The second-order valence-corrected chi connectivity index (χ2v) is 9.90. The molecule has 1 amide bonds. The summed E-state index contributed by atoms with van der Waals surface area (Å²) in [4.78, 5) is 12.7. The smallest absolute Gasteiger partial charge is 0.250 e. The van der Waals surface area contributed by atoms with Crippen LogP contribution in [-0.4, -0.2) is 56.6 Å². The number of methoxy groups -OCH3 is 2. The molecule has 0 spiro atoms. The monoisotopic (exact) mass is 567 g/mol. The summed E-state index contributed by atoms with van der Waals surface area (Å²) in [6.45, 7) is 3.89. The Labute approximate surface area is 242 Å². The molecule has 0 atom stereocenters. The minimum atomic E-state index is -0.271. The van der Waals surface area contributed by atoms with Crippen molar-refractivity contribution in [2.24, 2.45) is 5.10 Å². The Bertz CT molecular complexity index is 1680. The lowest BCUT2D eigenvalue weighted by Crippen LogP contribution is -2.20. The van der Waals surface area contributed by atoms with Crippen LogP contribution >= 0.6 is 11.8 Å². The molecule has 0 fully saturated rings. The first-order valence-electron chi connectivity index (χ1n) is 12.8. The van der Waals surface area contributed by atoms with Crippen molar-refractivity contribution in [2.45, 2.75) is 19.0 Å². The van der Waals surface area contributed by atoms with Crippen molar-refractivity contribution < 1.29 is 14.3 Å². The molecular formula is C30H29N7O3S. The number of benzene rings is 3. The Morgan fingerprint density at radius 3 is 2.29 bits per heavy atom. The van der Waals surface area contributed by atoms with Gasteiger partial charge in [0.05, 0.1) is 43.3 Å². The Morgan fingerprint density at radius 2 is 1.61 bits per heavy atom. The van der Waals surface area contributed by atoms with Gasteiger partial charge in [0, 0.05) is 16.8 Å². The van der Waals surface area contributed by atoms with E-state index in [0.29, 0.717) is 22.5 Å². The standard InChI is InChI=1S/C30H29N7O3S/c1-20-25(21(2)37(35-20)24-13-9-6-10-14-24)18-31-32-28(38)19-41-30-34-33-29(36(30)23-11-7-5-8-12-23)22-15-16-26(39-3)27(17-22)40-4/h5-18H,19H2,1-4H3,(H,32,38)/b31-18+. The van der Waals surface area contributed by atoms with Crippen LogP contribution in [0.25, 0.3) is 22.8 Å². The maximum atomic E-state index is 12.7. The van der Waals surface area contributed by atoms with Gasteiger partial charge in [0.2, 0.25) is 0 Å². The Kier molecular flexibility index (Phi) is 8.44. The second-order valence-electron chi connectivity index (χ2n) is 8.96. The molecule has 2 aromatic heterocycles. The maximum Gasteiger partial charge on any atom is 0.250 e. The van der Waals surface area contributed by atoms with Crippen LogP contribution < -0.4 is 14.9 Å². The highest BCUT2D eigenvalue weighted by Gasteiger charge is 2.19. The molecule has 3 aromatic carbocycles. The third-order valence-electron chi connectivity index (χ3n) is 6.35. The summed E-state index contributed by atoms with van der Waals surface area (Å²) in [6.07, 6.45) is 1.63. The Balaban J connectivity index is 1.32. The van der Waals surface area contributed by atoms with Crippen LogP contribution in [0.2, 0.25) is 0 Å². The molecule has 0 saturated carbocycles. The highest BCUT2D eigenvalue weighted by atomic mass is 32.2. The van der Waals surface area contributed by atoms with E-state index < -0.39 is 0 Å². The number of carbonyl (C=O) groups is 1. The van der Waals surface area contributed by atoms with Gasteiger partial charge < -0.3 is 9.47 Å². The van der Waals surface area contributed by atoms with Gasteiger partial charge in [-0.2, -0.15) is 10.2 Å². The number of aromatic nitrogens is 5. The number of hydrogen-bond acceptors (Lipinski definition) is 8. The van der Waals surface area contributed by atoms with Crippen molar-refractivity contribution >= 4 is 23.9 Å². The molecule has 208 valence electrons. The zero-order valence-electron chi connectivity index (χ0n) is 23.1. The second kappa shape index (κ2) is 12.5. The Morgan fingerprint density at radius 1 is 0.927 bits per heavy atom. The number of ether oxygens (including phenoxy) is 2. The van der Waals surface area contributed by atoms with Crippen molar-refractivity contribution in [3.8, 4) is 34.3 Å². The van der Waals surface area contributed by atoms with Gasteiger partial charge in [-0.05, 0) is 56.3 Å². The van der Waals surface area contributed by atoms with Crippen molar-refractivity contribution in [1.82, 2.24) is 30.0 Å². The number of amides is 1. The first-order chi connectivity index (χ1) is 20.0. The zero-order valence-corrected chi connectivity index (χ0v) is 23.9. The lowest BCUT2D eigenvalue weighted by atomic mass is 10.2. The van der Waals surface area contributed by atoms with E-state index in [1.807, 2.05) is 102 Å². The highest BCUT2D eigenvalue weighted by Crippen LogP contribution is 2.34. The third-order valence-corrected chi connectivity index (χ3v) is 7.28. The maximum absolute atomic E-state index is 12.7. The fourth-order valence-electron chi connectivity index (χ4n) is 4.33. The third kappa shape index (κ3) is 5.99. The van der Waals surface area contributed by atoms with Gasteiger partial charge >= 0.3 is 0 Å². The van der Waals surface area contributed by atoms with Crippen LogP contribution in [0.15, 0.2) is 89.1 Å². The van der Waals surface area contributed by atoms with E-state index >= 15 is 0 Å². The van der Waals surface area contributed by atoms with Crippen LogP contribution in [0.1, 0.15) is 17.0 Å². The van der Waals surface area contributed by atoms with Gasteiger partial charge in [-0.25, -0.2) is 10.1 Å². The highest BCUT2D eigenvalue weighted by molar-refractivity contribution is 7.99. The molecule has 10 nitrogen and oxygen atoms in total.